The zero-order chi connectivity index (χ0) is 13.8. The quantitative estimate of drug-likeness (QED) is 0.858. The fourth-order valence-electron chi connectivity index (χ4n) is 1.27. The van der Waals surface area contributed by atoms with E-state index in [4.69, 9.17) is 0 Å². The molecule has 18 heavy (non-hydrogen) atoms. The minimum atomic E-state index is -3.54. The van der Waals surface area contributed by atoms with Crippen LogP contribution in [0.1, 0.15) is 20.3 Å². The summed E-state index contributed by atoms with van der Waals surface area (Å²) < 4.78 is 25.4. The number of nitrogens with one attached hydrogen (secondary N) is 1. The number of amides is 1. The molecule has 0 fully saturated rings. The number of rotatable bonds is 6. The predicted octanol–water partition coefficient (Wildman–Crippen LogP) is 1.28. The molecular weight excluding hydrogens is 272 g/mol. The third kappa shape index (κ3) is 3.79. The molecule has 1 aromatic rings. The van der Waals surface area contributed by atoms with E-state index in [1.54, 1.807) is 11.4 Å². The molecule has 7 heteroatoms. The smallest absolute Gasteiger partial charge is 0.252 e. The molecule has 0 aromatic carbocycles. The SMILES string of the molecule is CC[C@H](C)NC(=O)CN(C)S(=O)(=O)c1cccs1. The van der Waals surface area contributed by atoms with E-state index in [0.717, 1.165) is 22.1 Å². The number of nitrogens with zero attached hydrogens (tertiary/aromatic N) is 1. The van der Waals surface area contributed by atoms with E-state index in [-0.39, 0.29) is 22.7 Å². The molecule has 0 aliphatic heterocycles. The predicted molar refractivity (Wildman–Crippen MR) is 72.0 cm³/mol. The second-order valence-electron chi connectivity index (χ2n) is 4.07. The summed E-state index contributed by atoms with van der Waals surface area (Å²) in [5, 5.41) is 4.43. The molecule has 1 N–H and O–H groups in total. The zero-order valence-electron chi connectivity index (χ0n) is 10.7. The first-order valence-electron chi connectivity index (χ1n) is 5.67. The lowest BCUT2D eigenvalue weighted by atomic mass is 10.2. The van der Waals surface area contributed by atoms with Crippen molar-refractivity contribution >= 4 is 27.3 Å². The normalized spacial score (nSPS) is 13.6. The maximum absolute atomic E-state index is 12.0. The van der Waals surface area contributed by atoms with Gasteiger partial charge in [0.25, 0.3) is 10.0 Å². The summed E-state index contributed by atoms with van der Waals surface area (Å²) in [4.78, 5) is 11.6. The third-order valence-electron chi connectivity index (χ3n) is 2.55. The summed E-state index contributed by atoms with van der Waals surface area (Å²) in [6, 6.07) is 3.25. The highest BCUT2D eigenvalue weighted by molar-refractivity contribution is 7.91. The molecule has 1 aromatic heterocycles. The highest BCUT2D eigenvalue weighted by Crippen LogP contribution is 2.19. The maximum Gasteiger partial charge on any atom is 0.252 e. The summed E-state index contributed by atoms with van der Waals surface area (Å²) in [6.45, 7) is 3.67. The highest BCUT2D eigenvalue weighted by atomic mass is 32.2. The molecule has 0 radical (unpaired) electrons. The summed E-state index contributed by atoms with van der Waals surface area (Å²) >= 11 is 1.14. The molecule has 1 amide bonds. The van der Waals surface area contributed by atoms with Crippen molar-refractivity contribution in [1.82, 2.24) is 9.62 Å². The molecule has 1 atom stereocenters. The number of hydrogen-bond acceptors (Lipinski definition) is 4. The molecule has 1 heterocycles. The van der Waals surface area contributed by atoms with Crippen LogP contribution in [-0.2, 0) is 14.8 Å². The molecule has 0 bridgehead atoms. The first-order chi connectivity index (χ1) is 8.37. The lowest BCUT2D eigenvalue weighted by Crippen LogP contribution is -2.41. The van der Waals surface area contributed by atoms with Crippen molar-refractivity contribution in [2.75, 3.05) is 13.6 Å². The van der Waals surface area contributed by atoms with Gasteiger partial charge in [-0.15, -0.1) is 11.3 Å². The van der Waals surface area contributed by atoms with Crippen molar-refractivity contribution in [2.45, 2.75) is 30.5 Å². The minimum Gasteiger partial charge on any atom is -0.353 e. The summed E-state index contributed by atoms with van der Waals surface area (Å²) in [5.74, 6) is -0.285. The van der Waals surface area contributed by atoms with Crippen LogP contribution in [0.5, 0.6) is 0 Å². The van der Waals surface area contributed by atoms with Gasteiger partial charge >= 0.3 is 0 Å². The van der Waals surface area contributed by atoms with Crippen molar-refractivity contribution in [3.05, 3.63) is 17.5 Å². The second kappa shape index (κ2) is 6.31. The van der Waals surface area contributed by atoms with Crippen molar-refractivity contribution in [3.63, 3.8) is 0 Å². The van der Waals surface area contributed by atoms with E-state index in [1.807, 2.05) is 13.8 Å². The van der Waals surface area contributed by atoms with Gasteiger partial charge in [0, 0.05) is 13.1 Å². The van der Waals surface area contributed by atoms with Crippen molar-refractivity contribution in [3.8, 4) is 0 Å². The number of thiophene rings is 1. The van der Waals surface area contributed by atoms with Crippen LogP contribution in [0, 0.1) is 0 Å². The van der Waals surface area contributed by atoms with Crippen LogP contribution in [0.15, 0.2) is 21.7 Å². The Labute approximate surface area is 112 Å². The van der Waals surface area contributed by atoms with E-state index >= 15 is 0 Å². The number of carbonyl (C=O) groups is 1. The minimum absolute atomic E-state index is 0.0512. The molecule has 5 nitrogen and oxygen atoms in total. The van der Waals surface area contributed by atoms with E-state index in [0.29, 0.717) is 0 Å². The van der Waals surface area contributed by atoms with E-state index < -0.39 is 10.0 Å². The van der Waals surface area contributed by atoms with E-state index in [2.05, 4.69) is 5.32 Å². The van der Waals surface area contributed by atoms with Gasteiger partial charge in [0.2, 0.25) is 5.91 Å². The Morgan fingerprint density at radius 2 is 2.22 bits per heavy atom. The van der Waals surface area contributed by atoms with Crippen LogP contribution in [-0.4, -0.2) is 38.3 Å². The van der Waals surface area contributed by atoms with Crippen LogP contribution in [0.3, 0.4) is 0 Å². The molecule has 0 saturated heterocycles. The Kier molecular flexibility index (Phi) is 5.30. The summed E-state index contributed by atoms with van der Waals surface area (Å²) in [5.41, 5.74) is 0. The van der Waals surface area contributed by atoms with Gasteiger partial charge < -0.3 is 5.32 Å². The van der Waals surface area contributed by atoms with Gasteiger partial charge in [-0.3, -0.25) is 4.79 Å². The monoisotopic (exact) mass is 290 g/mol. The largest absolute Gasteiger partial charge is 0.353 e. The third-order valence-corrected chi connectivity index (χ3v) is 5.72. The number of sulfonamides is 1. The first-order valence-corrected chi connectivity index (χ1v) is 7.99. The Balaban J connectivity index is 2.66. The van der Waals surface area contributed by atoms with Gasteiger partial charge in [0.15, 0.2) is 0 Å². The van der Waals surface area contributed by atoms with Crippen LogP contribution in [0.25, 0.3) is 0 Å². The summed E-state index contributed by atoms with van der Waals surface area (Å²) in [7, 11) is -2.13. The van der Waals surface area contributed by atoms with Crippen LogP contribution in [0.2, 0.25) is 0 Å². The van der Waals surface area contributed by atoms with Gasteiger partial charge in [0.05, 0.1) is 6.54 Å². The topological polar surface area (TPSA) is 66.5 Å². The number of hydrogen-bond donors (Lipinski definition) is 1. The molecule has 0 aliphatic carbocycles. The molecule has 0 spiro atoms. The fraction of sp³-hybridized carbons (Fsp3) is 0.545. The van der Waals surface area contributed by atoms with Gasteiger partial charge in [0.1, 0.15) is 4.21 Å². The Morgan fingerprint density at radius 1 is 1.56 bits per heavy atom. The van der Waals surface area contributed by atoms with Crippen LogP contribution < -0.4 is 5.32 Å². The fourth-order valence-corrected chi connectivity index (χ4v) is 3.60. The van der Waals surface area contributed by atoms with Gasteiger partial charge in [-0.2, -0.15) is 4.31 Å². The lowest BCUT2D eigenvalue weighted by Gasteiger charge is -2.17. The van der Waals surface area contributed by atoms with Gasteiger partial charge in [-0.25, -0.2) is 8.42 Å². The molecule has 0 aliphatic rings. The van der Waals surface area contributed by atoms with Gasteiger partial charge in [-0.1, -0.05) is 13.0 Å². The Hall–Kier alpha value is -0.920. The van der Waals surface area contributed by atoms with Crippen LogP contribution >= 0.6 is 11.3 Å². The molecule has 0 saturated carbocycles. The van der Waals surface area contributed by atoms with Crippen molar-refractivity contribution in [1.29, 1.82) is 0 Å². The molecule has 0 unspecified atom stereocenters. The van der Waals surface area contributed by atoms with E-state index in [9.17, 15) is 13.2 Å². The first kappa shape index (κ1) is 15.1. The highest BCUT2D eigenvalue weighted by Gasteiger charge is 2.23. The second-order valence-corrected chi connectivity index (χ2v) is 7.29. The summed E-state index contributed by atoms with van der Waals surface area (Å²) in [6.07, 6.45) is 0.813. The lowest BCUT2D eigenvalue weighted by molar-refractivity contribution is -0.121. The average molecular weight is 290 g/mol. The average Bonchev–Trinajstić information content (AvgIpc) is 2.82. The number of carbonyl (C=O) groups excluding carboxylic acids is 1. The zero-order valence-corrected chi connectivity index (χ0v) is 12.3. The van der Waals surface area contributed by atoms with Gasteiger partial charge in [-0.05, 0) is 24.8 Å². The van der Waals surface area contributed by atoms with E-state index in [1.165, 1.54) is 13.1 Å². The Bertz CT molecular complexity index is 482. The van der Waals surface area contributed by atoms with Crippen molar-refractivity contribution in [2.24, 2.45) is 0 Å². The molecule has 102 valence electrons. The molecular formula is C11H18N2O3S2. The van der Waals surface area contributed by atoms with Crippen LogP contribution in [0.4, 0.5) is 0 Å². The maximum atomic E-state index is 12.0. The molecule has 1 rings (SSSR count). The Morgan fingerprint density at radius 3 is 2.72 bits per heavy atom. The van der Waals surface area contributed by atoms with Crippen molar-refractivity contribution < 1.29 is 13.2 Å². The number of likely N-dealkylation sites (N-methyl/N-ethyl adjacent to an activating group) is 1. The standard InChI is InChI=1S/C11H18N2O3S2/c1-4-9(2)12-10(14)8-13(3)18(15,16)11-6-5-7-17-11/h5-7,9H,4,8H2,1-3H3,(H,12,14)/t9-/m0/s1.